The Hall–Kier alpha value is -0.390. The van der Waals surface area contributed by atoms with E-state index >= 15 is 0 Å². The Balaban J connectivity index is 2.21. The van der Waals surface area contributed by atoms with Gasteiger partial charge >= 0.3 is 0 Å². The Bertz CT molecular complexity index is 412. The Morgan fingerprint density at radius 3 is 2.35 bits per heavy atom. The number of carbonyl (C=O) groups excluding carboxylic acids is 1. The molecule has 5 heteroatoms. The highest BCUT2D eigenvalue weighted by Crippen LogP contribution is 2.29. The van der Waals surface area contributed by atoms with Gasteiger partial charge in [-0.15, -0.1) is 0 Å². The predicted molar refractivity (Wildman–Crippen MR) is 73.0 cm³/mol. The molecule has 1 saturated carbocycles. The van der Waals surface area contributed by atoms with Crippen molar-refractivity contribution in [2.24, 2.45) is 0 Å². The highest BCUT2D eigenvalue weighted by molar-refractivity contribution is 9.11. The summed E-state index contributed by atoms with van der Waals surface area (Å²) in [6.07, 6.45) is 2.09. The van der Waals surface area contributed by atoms with Crippen molar-refractivity contribution in [3.05, 3.63) is 32.7 Å². The van der Waals surface area contributed by atoms with Gasteiger partial charge in [0.2, 0.25) is 0 Å². The quantitative estimate of drug-likeness (QED) is 0.894. The number of nitrogens with zero attached hydrogens (tertiary/aromatic N) is 1. The maximum absolute atomic E-state index is 12.3. The molecule has 92 valence electrons. The fourth-order valence-electron chi connectivity index (χ4n) is 1.79. The fraction of sp³-hybridized carbons (Fsp3) is 0.417. The van der Waals surface area contributed by atoms with E-state index in [1.54, 1.807) is 17.0 Å². The number of aliphatic hydroxyl groups excluding tert-OH is 1. The molecule has 0 atom stereocenters. The summed E-state index contributed by atoms with van der Waals surface area (Å²) >= 11 is 6.74. The van der Waals surface area contributed by atoms with Crippen LogP contribution in [0.5, 0.6) is 0 Å². The van der Waals surface area contributed by atoms with Crippen molar-refractivity contribution in [1.82, 2.24) is 4.90 Å². The number of halogens is 2. The highest BCUT2D eigenvalue weighted by Gasteiger charge is 2.32. The second kappa shape index (κ2) is 5.50. The third-order valence-corrected chi connectivity index (χ3v) is 3.61. The van der Waals surface area contributed by atoms with E-state index in [0.29, 0.717) is 18.2 Å². The van der Waals surface area contributed by atoms with E-state index in [1.165, 1.54) is 0 Å². The summed E-state index contributed by atoms with van der Waals surface area (Å²) in [5, 5.41) is 9.01. The number of hydrogen-bond donors (Lipinski definition) is 1. The maximum atomic E-state index is 12.3. The molecule has 0 unspecified atom stereocenters. The molecule has 1 aromatic rings. The molecule has 2 rings (SSSR count). The Labute approximate surface area is 117 Å². The van der Waals surface area contributed by atoms with Crippen LogP contribution < -0.4 is 0 Å². The molecule has 0 aliphatic heterocycles. The Morgan fingerprint density at radius 1 is 1.29 bits per heavy atom. The van der Waals surface area contributed by atoms with Gasteiger partial charge < -0.3 is 10.0 Å². The van der Waals surface area contributed by atoms with Crippen LogP contribution in [0.15, 0.2) is 27.1 Å². The molecule has 1 aliphatic rings. The molecule has 0 bridgehead atoms. The number of aliphatic hydroxyl groups is 1. The summed E-state index contributed by atoms with van der Waals surface area (Å²) in [6, 6.07) is 5.82. The molecule has 1 N–H and O–H groups in total. The lowest BCUT2D eigenvalue weighted by atomic mass is 10.2. The van der Waals surface area contributed by atoms with Crippen molar-refractivity contribution in [3.8, 4) is 0 Å². The molecule has 0 spiro atoms. The molecule has 0 radical (unpaired) electrons. The molecule has 1 aliphatic carbocycles. The summed E-state index contributed by atoms with van der Waals surface area (Å²) in [7, 11) is 0. The molecular weight excluding hydrogens is 350 g/mol. The summed E-state index contributed by atoms with van der Waals surface area (Å²) in [4.78, 5) is 14.1. The van der Waals surface area contributed by atoms with Crippen molar-refractivity contribution in [1.29, 1.82) is 0 Å². The maximum Gasteiger partial charge on any atom is 0.254 e. The van der Waals surface area contributed by atoms with Gasteiger partial charge in [-0.05, 0) is 31.0 Å². The van der Waals surface area contributed by atoms with E-state index in [4.69, 9.17) is 5.11 Å². The second-order valence-corrected chi connectivity index (χ2v) is 5.94. The first-order valence-corrected chi connectivity index (χ1v) is 7.08. The molecule has 0 aromatic heterocycles. The fourth-order valence-corrected chi connectivity index (χ4v) is 3.08. The van der Waals surface area contributed by atoms with E-state index in [2.05, 4.69) is 31.9 Å². The topological polar surface area (TPSA) is 40.5 Å². The normalized spacial score (nSPS) is 14.8. The minimum Gasteiger partial charge on any atom is -0.395 e. The van der Waals surface area contributed by atoms with Crippen LogP contribution in [0.4, 0.5) is 0 Å². The van der Waals surface area contributed by atoms with E-state index < -0.39 is 0 Å². The van der Waals surface area contributed by atoms with Crippen LogP contribution in [0.3, 0.4) is 0 Å². The van der Waals surface area contributed by atoms with Crippen LogP contribution in [-0.2, 0) is 0 Å². The van der Waals surface area contributed by atoms with E-state index in [1.807, 2.05) is 6.07 Å². The zero-order valence-electron chi connectivity index (χ0n) is 9.20. The van der Waals surface area contributed by atoms with Crippen molar-refractivity contribution in [2.75, 3.05) is 13.2 Å². The van der Waals surface area contributed by atoms with Gasteiger partial charge in [0, 0.05) is 27.1 Å². The van der Waals surface area contributed by atoms with Gasteiger partial charge in [0.05, 0.1) is 6.61 Å². The zero-order chi connectivity index (χ0) is 12.4. The number of benzene rings is 1. The summed E-state index contributed by atoms with van der Waals surface area (Å²) in [5.74, 6) is -0.0106. The highest BCUT2D eigenvalue weighted by atomic mass is 79.9. The Morgan fingerprint density at radius 2 is 1.88 bits per heavy atom. The van der Waals surface area contributed by atoms with Gasteiger partial charge in [0.1, 0.15) is 0 Å². The lowest BCUT2D eigenvalue weighted by molar-refractivity contribution is 0.0707. The average molecular weight is 363 g/mol. The van der Waals surface area contributed by atoms with E-state index in [9.17, 15) is 4.79 Å². The molecule has 17 heavy (non-hydrogen) atoms. The predicted octanol–water partition coefficient (Wildman–Crippen LogP) is 2.81. The van der Waals surface area contributed by atoms with Crippen LogP contribution in [0, 0.1) is 0 Å². The molecule has 0 heterocycles. The minimum absolute atomic E-state index is 0.0106. The number of hydrogen-bond acceptors (Lipinski definition) is 2. The number of rotatable bonds is 4. The first kappa shape index (κ1) is 13.1. The average Bonchev–Trinajstić information content (AvgIpc) is 3.07. The lowest BCUT2D eigenvalue weighted by Gasteiger charge is -2.21. The lowest BCUT2D eigenvalue weighted by Crippen LogP contribution is -2.35. The Kier molecular flexibility index (Phi) is 4.22. The monoisotopic (exact) mass is 361 g/mol. The standard InChI is InChI=1S/C12H13Br2NO2/c13-9-5-8(6-10(14)7-9)12(17)15(3-4-16)11-1-2-11/h5-7,11,16H,1-4H2. The zero-order valence-corrected chi connectivity index (χ0v) is 12.4. The smallest absolute Gasteiger partial charge is 0.254 e. The summed E-state index contributed by atoms with van der Waals surface area (Å²) < 4.78 is 1.74. The largest absolute Gasteiger partial charge is 0.395 e. The van der Waals surface area contributed by atoms with Gasteiger partial charge in [-0.1, -0.05) is 31.9 Å². The van der Waals surface area contributed by atoms with Crippen LogP contribution in [0.1, 0.15) is 23.2 Å². The van der Waals surface area contributed by atoms with Gasteiger partial charge in [-0.3, -0.25) is 4.79 Å². The SMILES string of the molecule is O=C(c1cc(Br)cc(Br)c1)N(CCO)C1CC1. The van der Waals surface area contributed by atoms with E-state index in [-0.39, 0.29) is 12.5 Å². The van der Waals surface area contributed by atoms with Gasteiger partial charge in [0.15, 0.2) is 0 Å². The first-order valence-electron chi connectivity index (χ1n) is 5.49. The second-order valence-electron chi connectivity index (χ2n) is 4.11. The van der Waals surface area contributed by atoms with Crippen molar-refractivity contribution < 1.29 is 9.90 Å². The van der Waals surface area contributed by atoms with Gasteiger partial charge in [-0.25, -0.2) is 0 Å². The molecule has 1 aromatic carbocycles. The van der Waals surface area contributed by atoms with Gasteiger partial charge in [-0.2, -0.15) is 0 Å². The molecule has 1 amide bonds. The van der Waals surface area contributed by atoms with Crippen molar-refractivity contribution in [2.45, 2.75) is 18.9 Å². The van der Waals surface area contributed by atoms with Crippen LogP contribution in [0.25, 0.3) is 0 Å². The van der Waals surface area contributed by atoms with Crippen LogP contribution >= 0.6 is 31.9 Å². The van der Waals surface area contributed by atoms with Gasteiger partial charge in [0.25, 0.3) is 5.91 Å². The third-order valence-electron chi connectivity index (χ3n) is 2.70. The number of carbonyl (C=O) groups is 1. The molecule has 0 saturated heterocycles. The number of amides is 1. The molecular formula is C12H13Br2NO2. The van der Waals surface area contributed by atoms with Crippen LogP contribution in [-0.4, -0.2) is 35.1 Å². The molecule has 3 nitrogen and oxygen atoms in total. The van der Waals surface area contributed by atoms with E-state index in [0.717, 1.165) is 21.8 Å². The molecule has 1 fully saturated rings. The third kappa shape index (κ3) is 3.30. The van der Waals surface area contributed by atoms with Crippen molar-refractivity contribution in [3.63, 3.8) is 0 Å². The van der Waals surface area contributed by atoms with Crippen LogP contribution in [0.2, 0.25) is 0 Å². The minimum atomic E-state index is -0.0106. The summed E-state index contributed by atoms with van der Waals surface area (Å²) in [6.45, 7) is 0.422. The summed E-state index contributed by atoms with van der Waals surface area (Å²) in [5.41, 5.74) is 0.645. The first-order chi connectivity index (χ1) is 8.11. The van der Waals surface area contributed by atoms with Crippen molar-refractivity contribution >= 4 is 37.8 Å².